The lowest BCUT2D eigenvalue weighted by molar-refractivity contribution is 0.171. The first-order chi connectivity index (χ1) is 6.94. The Kier molecular flexibility index (Phi) is 4.13. The molecule has 1 rings (SSSR count). The number of rotatable bonds is 4. The Bertz CT molecular complexity index is 344. The van der Waals surface area contributed by atoms with Crippen molar-refractivity contribution in [3.05, 3.63) is 16.4 Å². The van der Waals surface area contributed by atoms with E-state index in [4.69, 9.17) is 28.3 Å². The summed E-state index contributed by atoms with van der Waals surface area (Å²) in [5, 5.41) is 19.9. The molecule has 0 saturated heterocycles. The molecule has 2 N–H and O–H groups in total. The van der Waals surface area contributed by atoms with Crippen molar-refractivity contribution in [1.29, 1.82) is 0 Å². The highest BCUT2D eigenvalue weighted by atomic mass is 35.5. The van der Waals surface area contributed by atoms with Crippen LogP contribution in [0.4, 0.5) is 5.69 Å². The fourth-order valence-electron chi connectivity index (χ4n) is 0.867. The lowest BCUT2D eigenvalue weighted by Gasteiger charge is -2.22. The lowest BCUT2D eigenvalue weighted by Crippen LogP contribution is -2.27. The highest BCUT2D eigenvalue weighted by Crippen LogP contribution is 2.23. The summed E-state index contributed by atoms with van der Waals surface area (Å²) in [6, 6.07) is 1.60. The van der Waals surface area contributed by atoms with Crippen LogP contribution in [0.3, 0.4) is 0 Å². The van der Waals surface area contributed by atoms with Gasteiger partial charge in [-0.2, -0.15) is 0 Å². The second kappa shape index (κ2) is 4.96. The summed E-state index contributed by atoms with van der Waals surface area (Å²) in [5.74, 6) is 0. The van der Waals surface area contributed by atoms with Gasteiger partial charge in [-0.05, 0) is 0 Å². The number of hydrogen-bond acceptors (Lipinski definition) is 4. The van der Waals surface area contributed by atoms with Gasteiger partial charge in [0, 0.05) is 24.6 Å². The quantitative estimate of drug-likeness (QED) is 0.860. The molecule has 84 valence electrons. The average Bonchev–Trinajstić information content (AvgIpc) is 2.20. The van der Waals surface area contributed by atoms with E-state index in [1.54, 1.807) is 6.07 Å². The van der Waals surface area contributed by atoms with Crippen LogP contribution in [0.25, 0.3) is 0 Å². The number of aromatic nitrogens is 2. The maximum absolute atomic E-state index is 9.07. The molecular formula is C9H13Cl2N3O. The number of halogens is 2. The number of aliphatic hydroxyl groups is 1. The maximum atomic E-state index is 9.07. The number of hydrogen-bond donors (Lipinski definition) is 2. The molecule has 0 saturated carbocycles. The van der Waals surface area contributed by atoms with E-state index in [-0.39, 0.29) is 22.3 Å². The van der Waals surface area contributed by atoms with Gasteiger partial charge in [0.2, 0.25) is 0 Å². The highest BCUT2D eigenvalue weighted by Gasteiger charge is 2.16. The standard InChI is InChI=1S/C9H13Cl2N3O/c1-9(2,5-15)4-12-6-3-7(10)13-14-8(6)11/h3,15H,4-5H2,1-2H3,(H,12,13). The van der Waals surface area contributed by atoms with E-state index in [1.165, 1.54) is 0 Å². The Morgan fingerprint density at radius 3 is 2.67 bits per heavy atom. The van der Waals surface area contributed by atoms with Gasteiger partial charge in [-0.1, -0.05) is 37.0 Å². The van der Waals surface area contributed by atoms with Crippen molar-refractivity contribution in [2.75, 3.05) is 18.5 Å². The zero-order valence-corrected chi connectivity index (χ0v) is 10.1. The van der Waals surface area contributed by atoms with Gasteiger partial charge >= 0.3 is 0 Å². The third kappa shape index (κ3) is 3.81. The van der Waals surface area contributed by atoms with Crippen molar-refractivity contribution in [2.45, 2.75) is 13.8 Å². The van der Waals surface area contributed by atoms with Gasteiger partial charge in [0.25, 0.3) is 0 Å². The molecule has 0 aromatic carbocycles. The number of anilines is 1. The molecule has 0 amide bonds. The van der Waals surface area contributed by atoms with Crippen LogP contribution in [-0.4, -0.2) is 28.5 Å². The predicted octanol–water partition coefficient (Wildman–Crippen LogP) is 2.21. The van der Waals surface area contributed by atoms with Gasteiger partial charge < -0.3 is 10.4 Å². The van der Waals surface area contributed by atoms with Crippen LogP contribution in [0.15, 0.2) is 6.07 Å². The van der Waals surface area contributed by atoms with Crippen molar-refractivity contribution in [3.63, 3.8) is 0 Å². The topological polar surface area (TPSA) is 58.0 Å². The number of nitrogens with zero attached hydrogens (tertiary/aromatic N) is 2. The van der Waals surface area contributed by atoms with Gasteiger partial charge in [-0.15, -0.1) is 10.2 Å². The molecule has 0 aliphatic carbocycles. The smallest absolute Gasteiger partial charge is 0.174 e. The SMILES string of the molecule is CC(C)(CO)CNc1cc(Cl)nnc1Cl. The third-order valence-electron chi connectivity index (χ3n) is 1.90. The Labute approximate surface area is 98.6 Å². The van der Waals surface area contributed by atoms with E-state index in [0.29, 0.717) is 12.2 Å². The Balaban J connectivity index is 2.69. The molecule has 0 fully saturated rings. The van der Waals surface area contributed by atoms with Crippen LogP contribution < -0.4 is 5.32 Å². The molecule has 0 aliphatic rings. The van der Waals surface area contributed by atoms with Crippen molar-refractivity contribution in [2.24, 2.45) is 5.41 Å². The van der Waals surface area contributed by atoms with Crippen molar-refractivity contribution in [1.82, 2.24) is 10.2 Å². The predicted molar refractivity (Wildman–Crippen MR) is 61.4 cm³/mol. The molecule has 1 aromatic rings. The first-order valence-electron chi connectivity index (χ1n) is 4.48. The van der Waals surface area contributed by atoms with E-state index in [1.807, 2.05) is 13.8 Å². The molecule has 0 radical (unpaired) electrons. The van der Waals surface area contributed by atoms with Gasteiger partial charge in [0.1, 0.15) is 0 Å². The minimum absolute atomic E-state index is 0.0872. The summed E-state index contributed by atoms with van der Waals surface area (Å²) in [6.45, 7) is 4.53. The molecule has 1 heterocycles. The molecule has 6 heteroatoms. The minimum atomic E-state index is -0.223. The average molecular weight is 250 g/mol. The van der Waals surface area contributed by atoms with E-state index in [9.17, 15) is 0 Å². The highest BCUT2D eigenvalue weighted by molar-refractivity contribution is 6.33. The zero-order chi connectivity index (χ0) is 11.5. The van der Waals surface area contributed by atoms with Gasteiger partial charge in [0.15, 0.2) is 10.3 Å². The van der Waals surface area contributed by atoms with Gasteiger partial charge in [-0.3, -0.25) is 0 Å². The largest absolute Gasteiger partial charge is 0.396 e. The monoisotopic (exact) mass is 249 g/mol. The van der Waals surface area contributed by atoms with Crippen LogP contribution in [0.2, 0.25) is 10.3 Å². The molecule has 0 aliphatic heterocycles. The van der Waals surface area contributed by atoms with Gasteiger partial charge in [-0.25, -0.2) is 0 Å². The molecule has 4 nitrogen and oxygen atoms in total. The normalized spacial score (nSPS) is 11.5. The molecule has 0 spiro atoms. The third-order valence-corrected chi connectivity index (χ3v) is 2.37. The summed E-state index contributed by atoms with van der Waals surface area (Å²) in [7, 11) is 0. The fourth-order valence-corrected chi connectivity index (χ4v) is 1.17. The first-order valence-corrected chi connectivity index (χ1v) is 5.24. The van der Waals surface area contributed by atoms with E-state index < -0.39 is 0 Å². The summed E-state index contributed by atoms with van der Waals surface area (Å²) in [4.78, 5) is 0. The second-order valence-corrected chi connectivity index (χ2v) is 4.79. The Hall–Kier alpha value is -0.580. The Morgan fingerprint density at radius 2 is 2.07 bits per heavy atom. The number of aliphatic hydroxyl groups excluding tert-OH is 1. The van der Waals surface area contributed by atoms with Gasteiger partial charge in [0.05, 0.1) is 5.69 Å². The van der Waals surface area contributed by atoms with Crippen LogP contribution in [-0.2, 0) is 0 Å². The number of nitrogens with one attached hydrogen (secondary N) is 1. The summed E-state index contributed by atoms with van der Waals surface area (Å²) in [6.07, 6.45) is 0. The van der Waals surface area contributed by atoms with Crippen LogP contribution in [0.5, 0.6) is 0 Å². The van der Waals surface area contributed by atoms with Crippen molar-refractivity contribution < 1.29 is 5.11 Å². The second-order valence-electron chi connectivity index (χ2n) is 4.05. The summed E-state index contributed by atoms with van der Waals surface area (Å²) >= 11 is 11.5. The maximum Gasteiger partial charge on any atom is 0.174 e. The first kappa shape index (κ1) is 12.5. The molecule has 15 heavy (non-hydrogen) atoms. The molecular weight excluding hydrogens is 237 g/mol. The van der Waals surface area contributed by atoms with Crippen molar-refractivity contribution in [3.8, 4) is 0 Å². The minimum Gasteiger partial charge on any atom is -0.396 e. The molecule has 0 unspecified atom stereocenters. The molecule has 0 bridgehead atoms. The van der Waals surface area contributed by atoms with E-state index in [0.717, 1.165) is 0 Å². The van der Waals surface area contributed by atoms with Crippen LogP contribution in [0, 0.1) is 5.41 Å². The Morgan fingerprint density at radius 1 is 1.40 bits per heavy atom. The molecule has 0 atom stereocenters. The van der Waals surface area contributed by atoms with Crippen LogP contribution in [0.1, 0.15) is 13.8 Å². The zero-order valence-electron chi connectivity index (χ0n) is 8.59. The van der Waals surface area contributed by atoms with E-state index in [2.05, 4.69) is 15.5 Å². The van der Waals surface area contributed by atoms with E-state index >= 15 is 0 Å². The van der Waals surface area contributed by atoms with Crippen LogP contribution >= 0.6 is 23.2 Å². The van der Waals surface area contributed by atoms with Crippen molar-refractivity contribution >= 4 is 28.9 Å². The molecule has 1 aromatic heterocycles. The summed E-state index contributed by atoms with van der Waals surface area (Å²) in [5.41, 5.74) is 0.400. The lowest BCUT2D eigenvalue weighted by atomic mass is 9.95. The fraction of sp³-hybridized carbons (Fsp3) is 0.556. The summed E-state index contributed by atoms with van der Waals surface area (Å²) < 4.78 is 0.